The molecule has 3 rings (SSSR count). The van der Waals surface area contributed by atoms with E-state index in [1.54, 1.807) is 43.6 Å². The summed E-state index contributed by atoms with van der Waals surface area (Å²) in [6.45, 7) is 0.173. The molecule has 7 nitrogen and oxygen atoms in total. The van der Waals surface area contributed by atoms with Gasteiger partial charge in [0, 0.05) is 27.1 Å². The molecule has 1 aromatic carbocycles. The monoisotopic (exact) mass is 399 g/mol. The summed E-state index contributed by atoms with van der Waals surface area (Å²) < 4.78 is 6.52. The average molecular weight is 399 g/mol. The summed E-state index contributed by atoms with van der Waals surface area (Å²) in [6, 6.07) is 9.03. The zero-order valence-electron chi connectivity index (χ0n) is 15.8. The number of thiophene rings is 1. The summed E-state index contributed by atoms with van der Waals surface area (Å²) in [6.07, 6.45) is 0.300. The van der Waals surface area contributed by atoms with E-state index in [1.165, 1.54) is 9.47 Å². The molecule has 0 saturated carbocycles. The van der Waals surface area contributed by atoms with Crippen LogP contribution in [-0.2, 0) is 34.3 Å². The number of benzene rings is 1. The smallest absolute Gasteiger partial charge is 0.306 e. The third-order valence-corrected chi connectivity index (χ3v) is 5.14. The summed E-state index contributed by atoms with van der Waals surface area (Å²) in [5, 5.41) is 4.45. The van der Waals surface area contributed by atoms with E-state index in [4.69, 9.17) is 4.74 Å². The van der Waals surface area contributed by atoms with Crippen LogP contribution in [0.3, 0.4) is 0 Å². The van der Waals surface area contributed by atoms with Crippen LogP contribution in [0.5, 0.6) is 0 Å². The van der Waals surface area contributed by atoms with Gasteiger partial charge in [-0.05, 0) is 34.5 Å². The van der Waals surface area contributed by atoms with Crippen molar-refractivity contribution in [3.8, 4) is 0 Å². The molecule has 0 saturated heterocycles. The van der Waals surface area contributed by atoms with Gasteiger partial charge in [-0.1, -0.05) is 12.1 Å². The molecule has 2 heterocycles. The summed E-state index contributed by atoms with van der Waals surface area (Å²) in [7, 11) is 3.30. The van der Waals surface area contributed by atoms with Gasteiger partial charge in [0.05, 0.1) is 17.3 Å². The summed E-state index contributed by atoms with van der Waals surface area (Å²) >= 11 is 1.57. The van der Waals surface area contributed by atoms with Gasteiger partial charge in [-0.15, -0.1) is 0 Å². The number of hydrogen-bond donors (Lipinski definition) is 0. The van der Waals surface area contributed by atoms with Crippen LogP contribution in [0, 0.1) is 0 Å². The first kappa shape index (κ1) is 19.8. The van der Waals surface area contributed by atoms with E-state index in [0.717, 1.165) is 5.56 Å². The van der Waals surface area contributed by atoms with E-state index in [2.05, 4.69) is 4.98 Å². The molecule has 0 N–H and O–H groups in total. The average Bonchev–Trinajstić information content (AvgIpc) is 3.20. The molecule has 1 amide bonds. The lowest BCUT2D eigenvalue weighted by atomic mass is 10.2. The Kier molecular flexibility index (Phi) is 6.20. The van der Waals surface area contributed by atoms with Gasteiger partial charge in [-0.3, -0.25) is 19.0 Å². The minimum Gasteiger partial charge on any atom is -0.456 e. The number of hydrogen-bond acceptors (Lipinski definition) is 6. The van der Waals surface area contributed by atoms with E-state index in [-0.39, 0.29) is 30.9 Å². The van der Waals surface area contributed by atoms with Crippen molar-refractivity contribution in [1.82, 2.24) is 14.5 Å². The van der Waals surface area contributed by atoms with Gasteiger partial charge >= 0.3 is 5.97 Å². The Balaban J connectivity index is 1.53. The first-order valence-electron chi connectivity index (χ1n) is 8.81. The molecule has 0 atom stereocenters. The zero-order chi connectivity index (χ0) is 20.1. The molecule has 8 heteroatoms. The van der Waals surface area contributed by atoms with E-state index < -0.39 is 5.97 Å². The molecule has 28 heavy (non-hydrogen) atoms. The number of ether oxygens (including phenoxy) is 1. The number of esters is 1. The van der Waals surface area contributed by atoms with E-state index >= 15 is 0 Å². The molecule has 0 radical (unpaired) electrons. The van der Waals surface area contributed by atoms with Gasteiger partial charge in [-0.2, -0.15) is 11.3 Å². The standard InChI is InChI=1S/C20H21N3O4S/c1-22(11-14-9-10-28-13-14)18(24)12-27-19(25)8-7-17-21-16-6-4-3-5-15(16)20(26)23(17)2/h3-6,9-10,13H,7-8,11-12H2,1-2H3. The Morgan fingerprint density at radius 1 is 1.25 bits per heavy atom. The number of likely N-dealkylation sites (N-methyl/N-ethyl adjacent to an activating group) is 1. The van der Waals surface area contributed by atoms with Crippen molar-refractivity contribution < 1.29 is 14.3 Å². The number of para-hydroxylation sites is 1. The van der Waals surface area contributed by atoms with Crippen molar-refractivity contribution in [1.29, 1.82) is 0 Å². The maximum absolute atomic E-state index is 12.4. The zero-order valence-corrected chi connectivity index (χ0v) is 16.6. The molecule has 0 spiro atoms. The minimum absolute atomic E-state index is 0.0418. The Labute approximate surface area is 166 Å². The quantitative estimate of drug-likeness (QED) is 0.569. The van der Waals surface area contributed by atoms with Crippen molar-refractivity contribution in [2.24, 2.45) is 7.05 Å². The highest BCUT2D eigenvalue weighted by atomic mass is 32.1. The Hall–Kier alpha value is -3.00. The van der Waals surface area contributed by atoms with Crippen molar-refractivity contribution >= 4 is 34.1 Å². The highest BCUT2D eigenvalue weighted by Crippen LogP contribution is 2.10. The molecule has 0 fully saturated rings. The van der Waals surface area contributed by atoms with Crippen molar-refractivity contribution in [2.45, 2.75) is 19.4 Å². The van der Waals surface area contributed by atoms with Gasteiger partial charge in [0.25, 0.3) is 11.5 Å². The Bertz CT molecular complexity index is 1040. The Morgan fingerprint density at radius 3 is 2.79 bits per heavy atom. The second-order valence-corrected chi connectivity index (χ2v) is 7.23. The second kappa shape index (κ2) is 8.79. The molecule has 0 bridgehead atoms. The highest BCUT2D eigenvalue weighted by molar-refractivity contribution is 7.07. The fourth-order valence-corrected chi connectivity index (χ4v) is 3.43. The number of carbonyl (C=O) groups is 2. The molecule has 0 unspecified atom stereocenters. The largest absolute Gasteiger partial charge is 0.456 e. The van der Waals surface area contributed by atoms with Crippen LogP contribution >= 0.6 is 11.3 Å². The van der Waals surface area contributed by atoms with Crippen molar-refractivity contribution in [3.05, 3.63) is 62.8 Å². The minimum atomic E-state index is -0.500. The lowest BCUT2D eigenvalue weighted by Crippen LogP contribution is -2.30. The number of aromatic nitrogens is 2. The third kappa shape index (κ3) is 4.64. The second-order valence-electron chi connectivity index (χ2n) is 6.45. The number of amides is 1. The molecule has 3 aromatic rings. The predicted octanol–water partition coefficient (Wildman–Crippen LogP) is 2.13. The number of rotatable bonds is 7. The van der Waals surface area contributed by atoms with E-state index in [1.807, 2.05) is 22.9 Å². The van der Waals surface area contributed by atoms with E-state index in [0.29, 0.717) is 23.3 Å². The first-order chi connectivity index (χ1) is 13.5. The molecule has 0 aliphatic rings. The maximum atomic E-state index is 12.4. The highest BCUT2D eigenvalue weighted by Gasteiger charge is 2.14. The van der Waals surface area contributed by atoms with Crippen LogP contribution in [0.15, 0.2) is 45.9 Å². The molecule has 0 aliphatic carbocycles. The number of nitrogens with zero attached hydrogens (tertiary/aromatic N) is 3. The van der Waals surface area contributed by atoms with Crippen LogP contribution in [0.1, 0.15) is 17.8 Å². The number of fused-ring (bicyclic) bond motifs is 1. The fraction of sp³-hybridized carbons (Fsp3) is 0.300. The van der Waals surface area contributed by atoms with Crippen LogP contribution in [0.4, 0.5) is 0 Å². The van der Waals surface area contributed by atoms with Crippen LogP contribution in [0.2, 0.25) is 0 Å². The van der Waals surface area contributed by atoms with Crippen LogP contribution in [0.25, 0.3) is 10.9 Å². The number of aryl methyl sites for hydroxylation is 1. The number of carbonyl (C=O) groups excluding carboxylic acids is 2. The SMILES string of the molecule is CN(Cc1ccsc1)C(=O)COC(=O)CCc1nc2ccccc2c(=O)n1C. The van der Waals surface area contributed by atoms with Gasteiger partial charge in [0.1, 0.15) is 5.82 Å². The molecule has 0 aliphatic heterocycles. The molecular weight excluding hydrogens is 378 g/mol. The lowest BCUT2D eigenvalue weighted by molar-refractivity contribution is -0.151. The summed E-state index contributed by atoms with van der Waals surface area (Å²) in [5.74, 6) is -0.267. The van der Waals surface area contributed by atoms with Gasteiger partial charge < -0.3 is 9.64 Å². The summed E-state index contributed by atoms with van der Waals surface area (Å²) in [5.41, 5.74) is 1.48. The third-order valence-electron chi connectivity index (χ3n) is 4.41. The van der Waals surface area contributed by atoms with Crippen molar-refractivity contribution in [3.63, 3.8) is 0 Å². The van der Waals surface area contributed by atoms with Crippen molar-refractivity contribution in [2.75, 3.05) is 13.7 Å². The maximum Gasteiger partial charge on any atom is 0.306 e. The lowest BCUT2D eigenvalue weighted by Gasteiger charge is -2.16. The molecule has 146 valence electrons. The molecule has 2 aromatic heterocycles. The van der Waals surface area contributed by atoms with Gasteiger partial charge in [-0.25, -0.2) is 4.98 Å². The fourth-order valence-electron chi connectivity index (χ4n) is 2.77. The summed E-state index contributed by atoms with van der Waals surface area (Å²) in [4.78, 5) is 42.4. The van der Waals surface area contributed by atoms with E-state index in [9.17, 15) is 14.4 Å². The van der Waals surface area contributed by atoms with Gasteiger partial charge in [0.15, 0.2) is 6.61 Å². The Morgan fingerprint density at radius 2 is 2.04 bits per heavy atom. The first-order valence-corrected chi connectivity index (χ1v) is 9.75. The van der Waals surface area contributed by atoms with Gasteiger partial charge in [0.2, 0.25) is 0 Å². The normalized spacial score (nSPS) is 10.8. The topological polar surface area (TPSA) is 81.5 Å². The van der Waals surface area contributed by atoms with Crippen LogP contribution < -0.4 is 5.56 Å². The van der Waals surface area contributed by atoms with Crippen LogP contribution in [-0.4, -0.2) is 40.0 Å². The molecular formula is C20H21N3O4S. The predicted molar refractivity (Wildman–Crippen MR) is 107 cm³/mol.